The Kier molecular flexibility index (Phi) is 19.2. The van der Waals surface area contributed by atoms with Crippen molar-refractivity contribution in [1.29, 1.82) is 0 Å². The Bertz CT molecular complexity index is 1650. The standard InChI is InChI=1S/C44H62N4O9/c1-7-16-33(50)20-14-17-29(4)38-23-13-9-12-22-37(51)31(6)40(52)34(25-24-30(5)49)41(53)46-39(28(2)3)42(54)45-36(27-32-18-10-8-11-19-32)43(55)48-26-15-21-35(47-48)44(56)57-38/h8-14,17-20,22,28,31,34-40,47,51-52H,7,15-16,21,23-27H2,1-6H3,(H,45,54)(H,46,53)/b13-9+,20-14+,22-12+,29-17+/t31-,34+,35?,36?,37-,38-,39?,40?/m0/s1. The van der Waals surface area contributed by atoms with E-state index in [9.17, 15) is 39.0 Å². The summed E-state index contributed by atoms with van der Waals surface area (Å²) in [4.78, 5) is 80.0. The number of Topliss-reactive ketones (excluding diaryl/α,β-unsaturated/α-hetero) is 1. The molecular formula is C44H62N4O9. The van der Waals surface area contributed by atoms with E-state index in [1.54, 1.807) is 58.1 Å². The van der Waals surface area contributed by atoms with Crippen LogP contribution in [0.3, 0.4) is 0 Å². The molecule has 2 aliphatic rings. The van der Waals surface area contributed by atoms with Crippen LogP contribution in [0.5, 0.6) is 0 Å². The highest BCUT2D eigenvalue weighted by molar-refractivity contribution is 5.93. The number of fused-ring (bicyclic) bond motifs is 2. The van der Waals surface area contributed by atoms with E-state index in [1.807, 2.05) is 37.3 Å². The molecule has 2 aliphatic heterocycles. The summed E-state index contributed by atoms with van der Waals surface area (Å²) in [6.07, 6.45) is 10.4. The SMILES string of the molecule is CCCC(=O)/C=C/C=C(\C)[C@@H]1C/C=C/C=C/[C@H](O)[C@H](C)C(O)[C@@H](CCC(C)=O)C(=O)NC(C(C)C)C(=O)NC(Cc2ccccc2)C(=O)N2CCCC(N2)C(=O)O1. The molecule has 3 rings (SSSR count). The van der Waals surface area contributed by atoms with Gasteiger partial charge < -0.3 is 30.4 Å². The van der Waals surface area contributed by atoms with Crippen LogP contribution in [0.25, 0.3) is 0 Å². The first-order valence-corrected chi connectivity index (χ1v) is 20.1. The molecule has 13 heteroatoms. The minimum Gasteiger partial charge on any atom is -0.456 e. The minimum atomic E-state index is -1.39. The van der Waals surface area contributed by atoms with Crippen LogP contribution in [0, 0.1) is 17.8 Å². The number of rotatable bonds is 11. The number of benzene rings is 1. The molecule has 1 aromatic rings. The number of ketones is 2. The van der Waals surface area contributed by atoms with E-state index in [0.29, 0.717) is 24.8 Å². The van der Waals surface area contributed by atoms with Crippen molar-refractivity contribution >= 4 is 35.3 Å². The molecule has 1 saturated heterocycles. The number of ether oxygens (including phenoxy) is 1. The summed E-state index contributed by atoms with van der Waals surface area (Å²) in [6, 6.07) is 6.06. The van der Waals surface area contributed by atoms with Crippen molar-refractivity contribution in [3.8, 4) is 0 Å². The summed E-state index contributed by atoms with van der Waals surface area (Å²) in [7, 11) is 0. The van der Waals surface area contributed by atoms with Crippen molar-refractivity contribution in [2.24, 2.45) is 17.8 Å². The Balaban J connectivity index is 2.06. The molecule has 0 spiro atoms. The van der Waals surface area contributed by atoms with E-state index in [0.717, 1.165) is 12.0 Å². The lowest BCUT2D eigenvalue weighted by Gasteiger charge is -2.36. The molecule has 57 heavy (non-hydrogen) atoms. The molecule has 2 heterocycles. The predicted molar refractivity (Wildman–Crippen MR) is 217 cm³/mol. The van der Waals surface area contributed by atoms with Gasteiger partial charge in [0.25, 0.3) is 5.91 Å². The number of nitrogens with zero attached hydrogens (tertiary/aromatic N) is 1. The van der Waals surface area contributed by atoms with Crippen LogP contribution in [0.2, 0.25) is 0 Å². The summed E-state index contributed by atoms with van der Waals surface area (Å²) >= 11 is 0. The summed E-state index contributed by atoms with van der Waals surface area (Å²) in [6.45, 7) is 10.4. The molecule has 1 fully saturated rings. The quantitative estimate of drug-likeness (QED) is 0.125. The van der Waals surface area contributed by atoms with Crippen LogP contribution in [0.4, 0.5) is 0 Å². The average molecular weight is 791 g/mol. The normalized spacial score (nSPS) is 28.8. The van der Waals surface area contributed by atoms with E-state index >= 15 is 0 Å². The number of carbonyl (C=O) groups excluding carboxylic acids is 6. The van der Waals surface area contributed by atoms with Gasteiger partial charge in [-0.05, 0) is 62.7 Å². The summed E-state index contributed by atoms with van der Waals surface area (Å²) in [5, 5.41) is 29.5. The Labute approximate surface area is 337 Å². The number of carbonyl (C=O) groups is 6. The molecule has 0 aliphatic carbocycles. The third kappa shape index (κ3) is 14.9. The lowest BCUT2D eigenvalue weighted by molar-refractivity contribution is -0.156. The van der Waals surface area contributed by atoms with Gasteiger partial charge in [-0.3, -0.25) is 29.0 Å². The number of allylic oxidation sites excluding steroid dienone is 5. The number of cyclic esters (lactones) is 1. The van der Waals surface area contributed by atoms with Crippen molar-refractivity contribution in [2.75, 3.05) is 6.54 Å². The molecule has 2 bridgehead atoms. The molecule has 5 N–H and O–H groups in total. The van der Waals surface area contributed by atoms with Crippen LogP contribution in [0.1, 0.15) is 92.1 Å². The molecule has 4 unspecified atom stereocenters. The first-order chi connectivity index (χ1) is 27.1. The van der Waals surface area contributed by atoms with Gasteiger partial charge in [0, 0.05) is 38.1 Å². The van der Waals surface area contributed by atoms with Gasteiger partial charge in [0.15, 0.2) is 5.78 Å². The fourth-order valence-electron chi connectivity index (χ4n) is 6.72. The first kappa shape index (κ1) is 46.7. The molecule has 0 radical (unpaired) electrons. The summed E-state index contributed by atoms with van der Waals surface area (Å²) < 4.78 is 6.03. The van der Waals surface area contributed by atoms with Crippen molar-refractivity contribution < 1.29 is 43.7 Å². The number of aliphatic hydroxyl groups excluding tert-OH is 2. The van der Waals surface area contributed by atoms with E-state index < -0.39 is 77.9 Å². The first-order valence-electron chi connectivity index (χ1n) is 20.1. The zero-order chi connectivity index (χ0) is 42.1. The molecule has 0 aromatic heterocycles. The number of amides is 3. The predicted octanol–water partition coefficient (Wildman–Crippen LogP) is 3.99. The third-order valence-electron chi connectivity index (χ3n) is 10.3. The Morgan fingerprint density at radius 2 is 1.72 bits per heavy atom. The third-order valence-corrected chi connectivity index (χ3v) is 10.3. The number of nitrogens with one attached hydrogen (secondary N) is 3. The van der Waals surface area contributed by atoms with Gasteiger partial charge in [-0.1, -0.05) is 94.5 Å². The summed E-state index contributed by atoms with van der Waals surface area (Å²) in [5.74, 6) is -4.98. The second-order valence-corrected chi connectivity index (χ2v) is 15.4. The van der Waals surface area contributed by atoms with Crippen molar-refractivity contribution in [3.05, 3.63) is 84.0 Å². The second-order valence-electron chi connectivity index (χ2n) is 15.4. The molecule has 312 valence electrons. The maximum atomic E-state index is 14.3. The number of hydrogen-bond donors (Lipinski definition) is 5. The average Bonchev–Trinajstić information content (AvgIpc) is 3.18. The monoisotopic (exact) mass is 790 g/mol. The number of hydrazine groups is 1. The van der Waals surface area contributed by atoms with Gasteiger partial charge in [-0.2, -0.15) is 0 Å². The van der Waals surface area contributed by atoms with Crippen molar-refractivity contribution in [2.45, 2.75) is 129 Å². The second kappa shape index (κ2) is 23.5. The smallest absolute Gasteiger partial charge is 0.325 e. The zero-order valence-corrected chi connectivity index (χ0v) is 34.2. The van der Waals surface area contributed by atoms with Crippen LogP contribution < -0.4 is 16.1 Å². The lowest BCUT2D eigenvalue weighted by Crippen LogP contribution is -2.62. The van der Waals surface area contributed by atoms with E-state index in [1.165, 1.54) is 24.1 Å². The maximum Gasteiger partial charge on any atom is 0.325 e. The number of esters is 1. The number of hydrogen-bond acceptors (Lipinski definition) is 10. The van der Waals surface area contributed by atoms with Crippen molar-refractivity contribution in [3.63, 3.8) is 0 Å². The highest BCUT2D eigenvalue weighted by Crippen LogP contribution is 2.24. The Hall–Kier alpha value is -4.72. The molecule has 1 aromatic carbocycles. The van der Waals surface area contributed by atoms with Gasteiger partial charge in [-0.15, -0.1) is 0 Å². The van der Waals surface area contributed by atoms with Crippen LogP contribution in [-0.4, -0.2) is 93.5 Å². The molecule has 0 saturated carbocycles. The van der Waals surface area contributed by atoms with Crippen molar-refractivity contribution in [1.82, 2.24) is 21.1 Å². The highest BCUT2D eigenvalue weighted by Gasteiger charge is 2.38. The van der Waals surface area contributed by atoms with Gasteiger partial charge >= 0.3 is 5.97 Å². The van der Waals surface area contributed by atoms with Gasteiger partial charge in [0.1, 0.15) is 30.0 Å². The Morgan fingerprint density at radius 1 is 1.00 bits per heavy atom. The maximum absolute atomic E-state index is 14.3. The molecule has 3 amide bonds. The summed E-state index contributed by atoms with van der Waals surface area (Å²) in [5.41, 5.74) is 4.48. The van der Waals surface area contributed by atoms with E-state index in [4.69, 9.17) is 4.74 Å². The van der Waals surface area contributed by atoms with Crippen LogP contribution in [0.15, 0.2) is 78.4 Å². The topological polar surface area (TPSA) is 191 Å². The fraction of sp³-hybridized carbons (Fsp3) is 0.545. The van der Waals surface area contributed by atoms with E-state index in [-0.39, 0.29) is 43.8 Å². The largest absolute Gasteiger partial charge is 0.456 e. The van der Waals surface area contributed by atoms with Crippen LogP contribution >= 0.6 is 0 Å². The number of aliphatic hydroxyl groups is 2. The zero-order valence-electron chi connectivity index (χ0n) is 34.2. The minimum absolute atomic E-state index is 0.00297. The molecule has 13 nitrogen and oxygen atoms in total. The van der Waals surface area contributed by atoms with Gasteiger partial charge in [0.05, 0.1) is 18.1 Å². The Morgan fingerprint density at radius 3 is 2.39 bits per heavy atom. The van der Waals surface area contributed by atoms with Gasteiger partial charge in [-0.25, -0.2) is 5.43 Å². The highest BCUT2D eigenvalue weighted by atomic mass is 16.5. The molecule has 8 atom stereocenters. The van der Waals surface area contributed by atoms with Gasteiger partial charge in [0.2, 0.25) is 11.8 Å². The van der Waals surface area contributed by atoms with E-state index in [2.05, 4.69) is 16.1 Å². The van der Waals surface area contributed by atoms with Crippen LogP contribution in [-0.2, 0) is 39.9 Å². The molecular weight excluding hydrogens is 729 g/mol. The fourth-order valence-corrected chi connectivity index (χ4v) is 6.72. The lowest BCUT2D eigenvalue weighted by atomic mass is 9.84.